The Morgan fingerprint density at radius 3 is 2.43 bits per heavy atom. The van der Waals surface area contributed by atoms with Crippen LogP contribution >= 0.6 is 23.5 Å². The van der Waals surface area contributed by atoms with Crippen molar-refractivity contribution in [1.29, 1.82) is 0 Å². The van der Waals surface area contributed by atoms with Crippen LogP contribution in [-0.2, 0) is 10.5 Å². The molecular formula is C23H37ClN2OS. The van der Waals surface area contributed by atoms with Crippen LogP contribution in [0.5, 0.6) is 0 Å². The monoisotopic (exact) mass is 424 g/mol. The molecule has 0 aromatic heterocycles. The quantitative estimate of drug-likeness (QED) is 0.452. The summed E-state index contributed by atoms with van der Waals surface area (Å²) in [7, 11) is 2.14. The van der Waals surface area contributed by atoms with Crippen LogP contribution in [0.25, 0.3) is 0 Å². The third-order valence-corrected chi connectivity index (χ3v) is 7.42. The first-order valence-corrected chi connectivity index (χ1v) is 11.9. The standard InChI is InChI=1S/C12H23N.C11H14ClNOS/c1-8-4-10-6-9(2)12(13-3)11(5-8)7-10;1-11(2,8-14)13-15-7-9-3-5-10(12)6-4-9/h8-13H,4-7H2,1-3H3;3-6,8,13H,7H2,1-2H3. The van der Waals surface area contributed by atoms with Gasteiger partial charge in [0, 0.05) is 16.8 Å². The number of hydrogen-bond acceptors (Lipinski definition) is 4. The fraction of sp³-hybridized carbons (Fsp3) is 0.696. The molecule has 2 N–H and O–H groups in total. The van der Waals surface area contributed by atoms with Gasteiger partial charge in [-0.1, -0.05) is 49.5 Å². The first kappa shape index (κ1) is 23.7. The van der Waals surface area contributed by atoms with E-state index in [1.165, 1.54) is 43.2 Å². The fourth-order valence-corrected chi connectivity index (χ4v) is 5.83. The maximum Gasteiger partial charge on any atom is 0.140 e. The second kappa shape index (κ2) is 11.0. The lowest BCUT2D eigenvalue weighted by Gasteiger charge is -2.46. The molecule has 2 aliphatic rings. The van der Waals surface area contributed by atoms with Gasteiger partial charge in [0.05, 0.1) is 5.54 Å². The van der Waals surface area contributed by atoms with Gasteiger partial charge in [0.1, 0.15) is 6.29 Å². The van der Waals surface area contributed by atoms with E-state index in [0.717, 1.165) is 46.8 Å². The Labute approximate surface area is 180 Å². The Bertz CT molecular complexity index is 603. The van der Waals surface area contributed by atoms with E-state index in [-0.39, 0.29) is 0 Å². The first-order valence-electron chi connectivity index (χ1n) is 10.5. The number of carbonyl (C=O) groups excluding carboxylic acids is 1. The van der Waals surface area contributed by atoms with Gasteiger partial charge in [-0.15, -0.1) is 0 Å². The number of carbonyl (C=O) groups is 1. The van der Waals surface area contributed by atoms with Gasteiger partial charge < -0.3 is 10.1 Å². The SMILES string of the molecule is CC(C)(C=O)NSCc1ccc(Cl)cc1.CNC1C(C)CC2CC(C)CC1C2. The van der Waals surface area contributed by atoms with Gasteiger partial charge in [0.25, 0.3) is 0 Å². The minimum atomic E-state index is -0.475. The van der Waals surface area contributed by atoms with Crippen LogP contribution in [0.1, 0.15) is 58.9 Å². The van der Waals surface area contributed by atoms with Crippen LogP contribution in [0, 0.1) is 23.7 Å². The molecule has 0 saturated heterocycles. The number of nitrogens with one attached hydrogen (secondary N) is 2. The van der Waals surface area contributed by atoms with Crippen LogP contribution in [0.3, 0.4) is 0 Å². The highest BCUT2D eigenvalue weighted by Gasteiger charge is 2.38. The third-order valence-electron chi connectivity index (χ3n) is 6.02. The average molecular weight is 425 g/mol. The molecule has 1 aromatic carbocycles. The molecule has 0 spiro atoms. The minimum absolute atomic E-state index is 0.475. The lowest BCUT2D eigenvalue weighted by Crippen LogP contribution is -2.47. The molecule has 5 heteroatoms. The van der Waals surface area contributed by atoms with E-state index in [9.17, 15) is 4.79 Å². The number of halogens is 1. The zero-order valence-electron chi connectivity index (χ0n) is 18.0. The predicted molar refractivity (Wildman–Crippen MR) is 123 cm³/mol. The molecule has 2 saturated carbocycles. The largest absolute Gasteiger partial charge is 0.316 e. The normalized spacial score (nSPS) is 29.6. The lowest BCUT2D eigenvalue weighted by molar-refractivity contribution is -0.111. The second-order valence-corrected chi connectivity index (χ2v) is 10.5. The smallest absolute Gasteiger partial charge is 0.140 e. The maximum atomic E-state index is 10.6. The van der Waals surface area contributed by atoms with E-state index in [1.807, 2.05) is 38.1 Å². The molecule has 0 aliphatic heterocycles. The molecule has 3 nitrogen and oxygen atoms in total. The summed E-state index contributed by atoms with van der Waals surface area (Å²) in [5.74, 6) is 4.72. The summed E-state index contributed by atoms with van der Waals surface area (Å²) in [5, 5.41) is 4.27. The summed E-state index contributed by atoms with van der Waals surface area (Å²) in [5.41, 5.74) is 0.704. The average Bonchev–Trinajstić information content (AvgIpc) is 2.63. The summed E-state index contributed by atoms with van der Waals surface area (Å²) in [6, 6.07) is 8.49. The molecule has 3 rings (SSSR count). The Kier molecular flexibility index (Phi) is 9.33. The summed E-state index contributed by atoms with van der Waals surface area (Å²) >= 11 is 7.29. The number of fused-ring (bicyclic) bond motifs is 2. The van der Waals surface area contributed by atoms with Crippen molar-refractivity contribution < 1.29 is 4.79 Å². The molecule has 5 unspecified atom stereocenters. The van der Waals surface area contributed by atoms with Crippen LogP contribution in [0.4, 0.5) is 0 Å². The van der Waals surface area contributed by atoms with Crippen LogP contribution < -0.4 is 10.0 Å². The number of benzene rings is 1. The van der Waals surface area contributed by atoms with E-state index in [0.29, 0.717) is 0 Å². The molecule has 0 heterocycles. The summed E-state index contributed by atoms with van der Waals surface area (Å²) in [6.07, 6.45) is 6.83. The minimum Gasteiger partial charge on any atom is -0.316 e. The van der Waals surface area contributed by atoms with Crippen LogP contribution in [0.15, 0.2) is 24.3 Å². The van der Waals surface area contributed by atoms with E-state index >= 15 is 0 Å². The van der Waals surface area contributed by atoms with E-state index < -0.39 is 5.54 Å². The van der Waals surface area contributed by atoms with Crippen molar-refractivity contribution in [3.05, 3.63) is 34.9 Å². The van der Waals surface area contributed by atoms with Gasteiger partial charge in [-0.3, -0.25) is 4.72 Å². The third kappa shape index (κ3) is 7.37. The molecule has 2 aliphatic carbocycles. The highest BCUT2D eigenvalue weighted by atomic mass is 35.5. The lowest BCUT2D eigenvalue weighted by atomic mass is 9.63. The molecule has 2 fully saturated rings. The first-order chi connectivity index (χ1) is 13.2. The van der Waals surface area contributed by atoms with Crippen molar-refractivity contribution in [2.45, 2.75) is 70.7 Å². The molecule has 0 radical (unpaired) electrons. The van der Waals surface area contributed by atoms with Gasteiger partial charge in [-0.05, 0) is 87.9 Å². The molecule has 2 bridgehead atoms. The van der Waals surface area contributed by atoms with Crippen LogP contribution in [0.2, 0.25) is 5.02 Å². The Morgan fingerprint density at radius 2 is 1.82 bits per heavy atom. The topological polar surface area (TPSA) is 41.1 Å². The molecule has 28 heavy (non-hydrogen) atoms. The van der Waals surface area contributed by atoms with Crippen molar-refractivity contribution in [2.75, 3.05) is 7.05 Å². The Hall–Kier alpha value is -0.550. The maximum absolute atomic E-state index is 10.6. The van der Waals surface area contributed by atoms with Gasteiger partial charge in [0.15, 0.2) is 0 Å². The molecule has 0 amide bonds. The summed E-state index contributed by atoms with van der Waals surface area (Å²) in [6.45, 7) is 8.54. The highest BCUT2D eigenvalue weighted by molar-refractivity contribution is 7.96. The summed E-state index contributed by atoms with van der Waals surface area (Å²) < 4.78 is 3.09. The van der Waals surface area contributed by atoms with Gasteiger partial charge in [-0.25, -0.2) is 0 Å². The summed E-state index contributed by atoms with van der Waals surface area (Å²) in [4.78, 5) is 10.6. The van der Waals surface area contributed by atoms with E-state index in [4.69, 9.17) is 11.6 Å². The van der Waals surface area contributed by atoms with Crippen molar-refractivity contribution in [1.82, 2.24) is 10.0 Å². The van der Waals surface area contributed by atoms with E-state index in [1.54, 1.807) is 0 Å². The number of aldehydes is 1. The predicted octanol–water partition coefficient (Wildman–Crippen LogP) is 5.72. The van der Waals surface area contributed by atoms with Crippen LogP contribution in [-0.4, -0.2) is 24.9 Å². The van der Waals surface area contributed by atoms with Crippen molar-refractivity contribution >= 4 is 29.8 Å². The zero-order valence-corrected chi connectivity index (χ0v) is 19.6. The second-order valence-electron chi connectivity index (χ2n) is 9.32. The molecule has 1 aromatic rings. The zero-order chi connectivity index (χ0) is 20.7. The van der Waals surface area contributed by atoms with Crippen molar-refractivity contribution in [2.24, 2.45) is 23.7 Å². The fourth-order valence-electron chi connectivity index (χ4n) is 4.86. The Balaban J connectivity index is 0.000000202. The number of rotatable bonds is 6. The Morgan fingerprint density at radius 1 is 1.14 bits per heavy atom. The molecule has 158 valence electrons. The van der Waals surface area contributed by atoms with E-state index in [2.05, 4.69) is 30.9 Å². The van der Waals surface area contributed by atoms with Gasteiger partial charge in [0.2, 0.25) is 0 Å². The highest BCUT2D eigenvalue weighted by Crippen LogP contribution is 2.44. The molecule has 5 atom stereocenters. The molecular weight excluding hydrogens is 388 g/mol. The van der Waals surface area contributed by atoms with Gasteiger partial charge in [-0.2, -0.15) is 0 Å². The van der Waals surface area contributed by atoms with Gasteiger partial charge >= 0.3 is 0 Å². The number of hydrogen-bond donors (Lipinski definition) is 2. The van der Waals surface area contributed by atoms with Crippen molar-refractivity contribution in [3.63, 3.8) is 0 Å². The van der Waals surface area contributed by atoms with Crippen molar-refractivity contribution in [3.8, 4) is 0 Å².